The van der Waals surface area contributed by atoms with Gasteiger partial charge in [-0.1, -0.05) is 41.9 Å². The fourth-order valence-electron chi connectivity index (χ4n) is 3.64. The minimum Gasteiger partial charge on any atom is -0.336 e. The number of halogens is 1. The van der Waals surface area contributed by atoms with Gasteiger partial charge in [0.2, 0.25) is 0 Å². The number of carbonyl (C=O) groups is 1. The smallest absolute Gasteiger partial charge is 0.254 e. The summed E-state index contributed by atoms with van der Waals surface area (Å²) in [6, 6.07) is 15.5. The maximum Gasteiger partial charge on any atom is 0.254 e. The predicted molar refractivity (Wildman–Crippen MR) is 110 cm³/mol. The first-order chi connectivity index (χ1) is 13.0. The van der Waals surface area contributed by atoms with Crippen LogP contribution in [0.15, 0.2) is 48.5 Å². The van der Waals surface area contributed by atoms with E-state index in [0.717, 1.165) is 59.5 Å². The highest BCUT2D eigenvalue weighted by atomic mass is 35.5. The van der Waals surface area contributed by atoms with E-state index in [1.165, 1.54) is 0 Å². The Morgan fingerprint density at radius 2 is 1.67 bits per heavy atom. The molecular weight excluding hydrogens is 358 g/mol. The molecule has 1 aliphatic heterocycles. The van der Waals surface area contributed by atoms with E-state index >= 15 is 0 Å². The number of rotatable bonds is 2. The summed E-state index contributed by atoms with van der Waals surface area (Å²) in [7, 11) is 2.09. The zero-order valence-corrected chi connectivity index (χ0v) is 16.3. The Balaban J connectivity index is 1.86. The summed E-state index contributed by atoms with van der Waals surface area (Å²) >= 11 is 6.04. The van der Waals surface area contributed by atoms with Crippen LogP contribution in [0.2, 0.25) is 5.02 Å². The lowest BCUT2D eigenvalue weighted by Gasteiger charge is -2.33. The van der Waals surface area contributed by atoms with Crippen molar-refractivity contribution in [1.82, 2.24) is 14.8 Å². The fraction of sp³-hybridized carbons (Fsp3) is 0.273. The van der Waals surface area contributed by atoms with Gasteiger partial charge in [0.1, 0.15) is 0 Å². The second-order valence-electron chi connectivity index (χ2n) is 7.08. The molecule has 1 aliphatic rings. The van der Waals surface area contributed by atoms with Crippen molar-refractivity contribution in [3.8, 4) is 11.3 Å². The normalized spacial score (nSPS) is 15.3. The van der Waals surface area contributed by atoms with E-state index in [1.807, 2.05) is 60.4 Å². The summed E-state index contributed by atoms with van der Waals surface area (Å²) in [5.74, 6) is 0.0920. The molecule has 3 aromatic rings. The number of carbonyl (C=O) groups excluding carboxylic acids is 1. The molecule has 5 heteroatoms. The minimum atomic E-state index is 0.0920. The van der Waals surface area contributed by atoms with Crippen LogP contribution in [0.1, 0.15) is 15.9 Å². The average molecular weight is 380 g/mol. The van der Waals surface area contributed by atoms with Gasteiger partial charge in [0.25, 0.3) is 5.91 Å². The van der Waals surface area contributed by atoms with Crippen molar-refractivity contribution in [2.45, 2.75) is 6.92 Å². The number of hydrogen-bond donors (Lipinski definition) is 0. The zero-order valence-electron chi connectivity index (χ0n) is 15.6. The van der Waals surface area contributed by atoms with Gasteiger partial charge < -0.3 is 9.80 Å². The van der Waals surface area contributed by atoms with Crippen molar-refractivity contribution in [3.63, 3.8) is 0 Å². The molecule has 1 saturated heterocycles. The van der Waals surface area contributed by atoms with E-state index in [2.05, 4.69) is 11.9 Å². The van der Waals surface area contributed by atoms with Crippen LogP contribution in [-0.4, -0.2) is 53.9 Å². The number of fused-ring (bicyclic) bond motifs is 1. The van der Waals surface area contributed by atoms with E-state index in [-0.39, 0.29) is 5.91 Å². The third-order valence-electron chi connectivity index (χ3n) is 5.26. The van der Waals surface area contributed by atoms with Crippen LogP contribution in [0.3, 0.4) is 0 Å². The lowest BCUT2D eigenvalue weighted by atomic mass is 9.96. The standard InChI is InChI=1S/C22H22ClN3O/c1-15-20(22(27)26-13-11-25(2)12-14-26)18-5-3-4-6-19(18)24-21(15)16-7-9-17(23)10-8-16/h3-10H,11-14H2,1-2H3. The molecule has 138 valence electrons. The molecule has 2 aromatic carbocycles. The molecule has 0 bridgehead atoms. The van der Waals surface area contributed by atoms with E-state index in [4.69, 9.17) is 16.6 Å². The van der Waals surface area contributed by atoms with Crippen LogP contribution in [0.4, 0.5) is 0 Å². The van der Waals surface area contributed by atoms with Crippen LogP contribution in [0.25, 0.3) is 22.2 Å². The average Bonchev–Trinajstić information content (AvgIpc) is 2.68. The SMILES string of the molecule is Cc1c(-c2ccc(Cl)cc2)nc2ccccc2c1C(=O)N1CCN(C)CC1. The molecule has 27 heavy (non-hydrogen) atoms. The first-order valence-corrected chi connectivity index (χ1v) is 9.55. The molecular formula is C22H22ClN3O. The van der Waals surface area contributed by atoms with Gasteiger partial charge in [-0.3, -0.25) is 4.79 Å². The highest BCUT2D eigenvalue weighted by molar-refractivity contribution is 6.30. The molecule has 4 nitrogen and oxygen atoms in total. The third-order valence-corrected chi connectivity index (χ3v) is 5.51. The summed E-state index contributed by atoms with van der Waals surface area (Å²) in [6.07, 6.45) is 0. The van der Waals surface area contributed by atoms with Gasteiger partial charge in [0.05, 0.1) is 16.8 Å². The van der Waals surface area contributed by atoms with Crippen LogP contribution in [0.5, 0.6) is 0 Å². The van der Waals surface area contributed by atoms with Crippen molar-refractivity contribution in [3.05, 3.63) is 64.7 Å². The predicted octanol–water partition coefficient (Wildman–Crippen LogP) is 4.25. The maximum absolute atomic E-state index is 13.4. The Morgan fingerprint density at radius 1 is 1.00 bits per heavy atom. The van der Waals surface area contributed by atoms with Gasteiger partial charge in [-0.15, -0.1) is 0 Å². The summed E-state index contributed by atoms with van der Waals surface area (Å²) in [5, 5.41) is 1.60. The maximum atomic E-state index is 13.4. The summed E-state index contributed by atoms with van der Waals surface area (Å²) in [4.78, 5) is 22.5. The van der Waals surface area contributed by atoms with Crippen molar-refractivity contribution < 1.29 is 4.79 Å². The summed E-state index contributed by atoms with van der Waals surface area (Å²) in [6.45, 7) is 5.30. The number of aromatic nitrogens is 1. The molecule has 0 unspecified atom stereocenters. The Labute approximate surface area is 164 Å². The summed E-state index contributed by atoms with van der Waals surface area (Å²) < 4.78 is 0. The molecule has 2 heterocycles. The van der Waals surface area contributed by atoms with Crippen molar-refractivity contribution >= 4 is 28.4 Å². The van der Waals surface area contributed by atoms with Crippen molar-refractivity contribution in [2.24, 2.45) is 0 Å². The van der Waals surface area contributed by atoms with E-state index in [9.17, 15) is 4.79 Å². The molecule has 4 rings (SSSR count). The molecule has 1 aromatic heterocycles. The van der Waals surface area contributed by atoms with Crippen LogP contribution in [0, 0.1) is 6.92 Å². The molecule has 0 saturated carbocycles. The quantitative estimate of drug-likeness (QED) is 0.667. The highest BCUT2D eigenvalue weighted by Gasteiger charge is 2.25. The topological polar surface area (TPSA) is 36.4 Å². The minimum absolute atomic E-state index is 0.0920. The third kappa shape index (κ3) is 3.43. The van der Waals surface area contributed by atoms with Gasteiger partial charge >= 0.3 is 0 Å². The summed E-state index contributed by atoms with van der Waals surface area (Å²) in [5.41, 5.74) is 4.32. The molecule has 1 amide bonds. The number of nitrogens with zero attached hydrogens (tertiary/aromatic N) is 3. The van der Waals surface area contributed by atoms with Gasteiger partial charge in [-0.05, 0) is 37.7 Å². The number of likely N-dealkylation sites (N-methyl/N-ethyl adjacent to an activating group) is 1. The van der Waals surface area contributed by atoms with Gasteiger partial charge in [0, 0.05) is 42.2 Å². The number of hydrogen-bond acceptors (Lipinski definition) is 3. The fourth-order valence-corrected chi connectivity index (χ4v) is 3.77. The number of benzene rings is 2. The first-order valence-electron chi connectivity index (χ1n) is 9.17. The Morgan fingerprint density at radius 3 is 2.37 bits per heavy atom. The zero-order chi connectivity index (χ0) is 19.0. The molecule has 0 spiro atoms. The van der Waals surface area contributed by atoms with Gasteiger partial charge in [-0.25, -0.2) is 4.98 Å². The molecule has 0 atom stereocenters. The van der Waals surface area contributed by atoms with Crippen molar-refractivity contribution in [1.29, 1.82) is 0 Å². The Kier molecular flexibility index (Phi) is 4.85. The largest absolute Gasteiger partial charge is 0.336 e. The van der Waals surface area contributed by atoms with E-state index in [1.54, 1.807) is 0 Å². The Bertz CT molecular complexity index is 992. The number of piperazine rings is 1. The van der Waals surface area contributed by atoms with Gasteiger partial charge in [0.15, 0.2) is 0 Å². The Hall–Kier alpha value is -2.43. The van der Waals surface area contributed by atoms with Crippen LogP contribution in [-0.2, 0) is 0 Å². The second-order valence-corrected chi connectivity index (χ2v) is 7.52. The highest BCUT2D eigenvalue weighted by Crippen LogP contribution is 2.31. The lowest BCUT2D eigenvalue weighted by Crippen LogP contribution is -2.47. The van der Waals surface area contributed by atoms with E-state index in [0.29, 0.717) is 5.02 Å². The number of para-hydroxylation sites is 1. The van der Waals surface area contributed by atoms with E-state index < -0.39 is 0 Å². The van der Waals surface area contributed by atoms with Crippen molar-refractivity contribution in [2.75, 3.05) is 33.2 Å². The van der Waals surface area contributed by atoms with Crippen LogP contribution < -0.4 is 0 Å². The molecule has 0 radical (unpaired) electrons. The van der Waals surface area contributed by atoms with Gasteiger partial charge in [-0.2, -0.15) is 0 Å². The number of pyridine rings is 1. The van der Waals surface area contributed by atoms with Crippen LogP contribution >= 0.6 is 11.6 Å². The molecule has 0 N–H and O–H groups in total. The second kappa shape index (κ2) is 7.29. The molecule has 1 fully saturated rings. The molecule has 0 aliphatic carbocycles. The lowest BCUT2D eigenvalue weighted by molar-refractivity contribution is 0.0665. The first kappa shape index (κ1) is 18.0. The monoisotopic (exact) mass is 379 g/mol. The number of amides is 1.